The van der Waals surface area contributed by atoms with Crippen LogP contribution in [0.1, 0.15) is 0 Å². The zero-order valence-electron chi connectivity index (χ0n) is 36.3. The molecule has 10 aromatic carbocycles. The van der Waals surface area contributed by atoms with Crippen molar-refractivity contribution >= 4 is 108 Å². The number of rotatable bonds is 5. The molecule has 15 rings (SSSR count). The minimum atomic E-state index is 0.585. The van der Waals surface area contributed by atoms with Crippen molar-refractivity contribution in [1.82, 2.24) is 24.1 Å². The summed E-state index contributed by atoms with van der Waals surface area (Å²) < 4.78 is 14.0. The molecule has 0 unspecified atom stereocenters. The van der Waals surface area contributed by atoms with Crippen molar-refractivity contribution in [3.05, 3.63) is 212 Å². The van der Waals surface area contributed by atoms with Crippen LogP contribution >= 0.6 is 11.3 Å². The molecule has 6 nitrogen and oxygen atoms in total. The van der Waals surface area contributed by atoms with Crippen LogP contribution < -0.4 is 0 Å². The van der Waals surface area contributed by atoms with Crippen molar-refractivity contribution < 1.29 is 4.42 Å². The maximum atomic E-state index is 6.94. The monoisotopic (exact) mass is 885 g/mol. The van der Waals surface area contributed by atoms with E-state index in [0.717, 1.165) is 109 Å². The van der Waals surface area contributed by atoms with Crippen LogP contribution in [0.5, 0.6) is 0 Å². The van der Waals surface area contributed by atoms with E-state index in [-0.39, 0.29) is 0 Å². The van der Waals surface area contributed by atoms with Crippen molar-refractivity contribution in [3.63, 3.8) is 0 Å². The summed E-state index contributed by atoms with van der Waals surface area (Å²) in [5, 5.41) is 11.2. The minimum absolute atomic E-state index is 0.585. The standard InChI is InChI=1S/C61H35N5OS/c1-3-16-37(17-4-1)65-49-26-11-7-20-39(49)47-34-36(30-33-51(47)65)59-62-60(46-25-15-24-44-41-22-10-14-29-54(41)68-58(44)46)64-61(63-59)48-35-52-55(45-23-8-12-27-50(45)66(52)38-18-5-2-6-19-38)56-42(48)31-32-43-40-21-9-13-28-53(40)67-57(43)56/h1-35H. The average Bonchev–Trinajstić information content (AvgIpc) is 4.16. The molecule has 0 amide bonds. The molecule has 0 aliphatic heterocycles. The zero-order chi connectivity index (χ0) is 44.5. The van der Waals surface area contributed by atoms with Gasteiger partial charge in [-0.25, -0.2) is 15.0 Å². The summed E-state index contributed by atoms with van der Waals surface area (Å²) in [5.74, 6) is 1.81. The average molecular weight is 886 g/mol. The molecule has 0 radical (unpaired) electrons. The summed E-state index contributed by atoms with van der Waals surface area (Å²) in [5.41, 5.74) is 11.1. The Morgan fingerprint density at radius 2 is 0.941 bits per heavy atom. The molecule has 0 saturated carbocycles. The lowest BCUT2D eigenvalue weighted by molar-refractivity contribution is 0.673. The van der Waals surface area contributed by atoms with Gasteiger partial charge in [0.2, 0.25) is 0 Å². The van der Waals surface area contributed by atoms with Crippen LogP contribution in [-0.2, 0) is 0 Å². The fraction of sp³-hybridized carbons (Fsp3) is 0. The molecule has 0 N–H and O–H groups in total. The first kappa shape index (κ1) is 37.3. The second-order valence-electron chi connectivity index (χ2n) is 17.5. The molecule has 7 heteroatoms. The van der Waals surface area contributed by atoms with E-state index in [1.165, 1.54) is 15.5 Å². The molecule has 0 fully saturated rings. The molecule has 0 saturated heterocycles. The van der Waals surface area contributed by atoms with Gasteiger partial charge in [-0.2, -0.15) is 0 Å². The van der Waals surface area contributed by atoms with Crippen molar-refractivity contribution in [1.29, 1.82) is 0 Å². The SMILES string of the molecule is c1ccc(-n2c3ccccc3c3cc(-c4nc(-c5cc6c(c7ccccc7n6-c6ccccc6)c6c5ccc5c7ccccc7oc56)nc(-c5cccc6c5sc5ccccc56)n4)ccc32)cc1. The van der Waals surface area contributed by atoms with E-state index in [0.29, 0.717) is 17.5 Å². The Hall–Kier alpha value is -8.91. The Bertz CT molecular complexity index is 4560. The fourth-order valence-electron chi connectivity index (χ4n) is 10.8. The summed E-state index contributed by atoms with van der Waals surface area (Å²) >= 11 is 1.78. The Morgan fingerprint density at radius 3 is 1.74 bits per heavy atom. The first-order valence-corrected chi connectivity index (χ1v) is 23.7. The molecule has 0 aliphatic rings. The Morgan fingerprint density at radius 1 is 0.353 bits per heavy atom. The Labute approximate surface area is 392 Å². The highest BCUT2D eigenvalue weighted by atomic mass is 32.1. The molecule has 5 aromatic heterocycles. The topological polar surface area (TPSA) is 61.7 Å². The highest BCUT2D eigenvalue weighted by molar-refractivity contribution is 7.26. The molecule has 316 valence electrons. The summed E-state index contributed by atoms with van der Waals surface area (Å²) in [6.45, 7) is 0. The van der Waals surface area contributed by atoms with Crippen LogP contribution in [-0.4, -0.2) is 24.1 Å². The van der Waals surface area contributed by atoms with Gasteiger partial charge in [0.1, 0.15) is 11.2 Å². The zero-order valence-corrected chi connectivity index (χ0v) is 37.1. The molecule has 0 aliphatic carbocycles. The van der Waals surface area contributed by atoms with E-state index in [1.807, 2.05) is 6.07 Å². The third-order valence-electron chi connectivity index (χ3n) is 13.8. The van der Waals surface area contributed by atoms with Gasteiger partial charge in [0.15, 0.2) is 17.5 Å². The number of hydrogen-bond donors (Lipinski definition) is 0. The number of aromatic nitrogens is 5. The number of furan rings is 1. The van der Waals surface area contributed by atoms with Gasteiger partial charge in [-0.15, -0.1) is 11.3 Å². The highest BCUT2D eigenvalue weighted by Gasteiger charge is 2.25. The first-order chi connectivity index (χ1) is 33.7. The van der Waals surface area contributed by atoms with E-state index in [9.17, 15) is 0 Å². The normalized spacial score (nSPS) is 12.1. The number of benzene rings is 10. The van der Waals surface area contributed by atoms with Crippen molar-refractivity contribution in [2.24, 2.45) is 0 Å². The van der Waals surface area contributed by atoms with Gasteiger partial charge >= 0.3 is 0 Å². The van der Waals surface area contributed by atoms with Gasteiger partial charge in [0.25, 0.3) is 0 Å². The number of hydrogen-bond acceptors (Lipinski definition) is 5. The number of thiophene rings is 1. The van der Waals surface area contributed by atoms with Crippen molar-refractivity contribution in [2.45, 2.75) is 0 Å². The van der Waals surface area contributed by atoms with Crippen LogP contribution in [0.15, 0.2) is 217 Å². The van der Waals surface area contributed by atoms with Crippen molar-refractivity contribution in [2.75, 3.05) is 0 Å². The number of nitrogens with zero attached hydrogens (tertiary/aromatic N) is 5. The Balaban J connectivity index is 1.07. The van der Waals surface area contributed by atoms with E-state index >= 15 is 0 Å². The number of para-hydroxylation sites is 5. The lowest BCUT2D eigenvalue weighted by Crippen LogP contribution is -2.01. The second-order valence-corrected chi connectivity index (χ2v) is 18.5. The predicted octanol–water partition coefficient (Wildman–Crippen LogP) is 16.5. The second kappa shape index (κ2) is 14.3. The van der Waals surface area contributed by atoms with Gasteiger partial charge in [0, 0.05) is 85.9 Å². The molecule has 0 bridgehead atoms. The largest absolute Gasteiger partial charge is 0.455 e. The minimum Gasteiger partial charge on any atom is -0.455 e. The molecule has 5 heterocycles. The van der Waals surface area contributed by atoms with Crippen LogP contribution in [0, 0.1) is 0 Å². The predicted molar refractivity (Wildman–Crippen MR) is 282 cm³/mol. The van der Waals surface area contributed by atoms with Crippen LogP contribution in [0.2, 0.25) is 0 Å². The summed E-state index contributed by atoms with van der Waals surface area (Å²) in [7, 11) is 0. The van der Waals surface area contributed by atoms with Gasteiger partial charge in [0.05, 0.1) is 22.1 Å². The van der Waals surface area contributed by atoms with Gasteiger partial charge in [-0.1, -0.05) is 127 Å². The smallest absolute Gasteiger partial charge is 0.165 e. The lowest BCUT2D eigenvalue weighted by Gasteiger charge is -2.14. The third-order valence-corrected chi connectivity index (χ3v) is 15.0. The van der Waals surface area contributed by atoms with E-state index in [2.05, 4.69) is 215 Å². The van der Waals surface area contributed by atoms with Crippen LogP contribution in [0.4, 0.5) is 0 Å². The van der Waals surface area contributed by atoms with Gasteiger partial charge in [-0.05, 0) is 90.3 Å². The molecule has 0 spiro atoms. The number of fused-ring (bicyclic) bond motifs is 15. The molecule has 0 atom stereocenters. The molecule has 15 aromatic rings. The van der Waals surface area contributed by atoms with Gasteiger partial charge in [-0.3, -0.25) is 0 Å². The summed E-state index contributed by atoms with van der Waals surface area (Å²) in [6, 6.07) is 75.3. The van der Waals surface area contributed by atoms with Crippen LogP contribution in [0.3, 0.4) is 0 Å². The van der Waals surface area contributed by atoms with Gasteiger partial charge < -0.3 is 13.6 Å². The third kappa shape index (κ3) is 5.36. The summed E-state index contributed by atoms with van der Waals surface area (Å²) in [4.78, 5) is 16.5. The van der Waals surface area contributed by atoms with E-state index in [1.54, 1.807) is 11.3 Å². The molecular weight excluding hydrogens is 851 g/mol. The first-order valence-electron chi connectivity index (χ1n) is 22.9. The van der Waals surface area contributed by atoms with E-state index < -0.39 is 0 Å². The maximum absolute atomic E-state index is 6.94. The highest BCUT2D eigenvalue weighted by Crippen LogP contribution is 2.47. The quantitative estimate of drug-likeness (QED) is 0.173. The Kier molecular flexibility index (Phi) is 7.85. The van der Waals surface area contributed by atoms with E-state index in [4.69, 9.17) is 19.4 Å². The fourth-order valence-corrected chi connectivity index (χ4v) is 12.0. The molecule has 68 heavy (non-hydrogen) atoms. The lowest BCUT2D eigenvalue weighted by atomic mass is 9.96. The van der Waals surface area contributed by atoms with Crippen LogP contribution in [0.25, 0.3) is 142 Å². The summed E-state index contributed by atoms with van der Waals surface area (Å²) in [6.07, 6.45) is 0. The van der Waals surface area contributed by atoms with Crippen molar-refractivity contribution in [3.8, 4) is 45.5 Å². The maximum Gasteiger partial charge on any atom is 0.165 e. The molecular formula is C61H35N5OS.